The minimum atomic E-state index is -3.50. The van der Waals surface area contributed by atoms with Gasteiger partial charge in [0.05, 0.1) is 10.8 Å². The number of rotatable bonds is 7. The molecule has 0 spiro atoms. The Morgan fingerprint density at radius 3 is 2.46 bits per heavy atom. The zero-order chi connectivity index (χ0) is 19.3. The van der Waals surface area contributed by atoms with Crippen molar-refractivity contribution in [2.24, 2.45) is 0 Å². The van der Waals surface area contributed by atoms with E-state index in [0.29, 0.717) is 10.9 Å². The van der Waals surface area contributed by atoms with Crippen LogP contribution in [-0.2, 0) is 14.8 Å². The van der Waals surface area contributed by atoms with Gasteiger partial charge in [0.1, 0.15) is 4.90 Å². The van der Waals surface area contributed by atoms with Crippen molar-refractivity contribution in [3.8, 4) is 0 Å². The fourth-order valence-corrected chi connectivity index (χ4v) is 3.75. The smallest absolute Gasteiger partial charge is 0.244 e. The molecule has 1 aromatic heterocycles. The number of benzene rings is 1. The molecule has 0 unspecified atom stereocenters. The van der Waals surface area contributed by atoms with Crippen LogP contribution in [0.3, 0.4) is 0 Å². The van der Waals surface area contributed by atoms with Crippen LogP contribution in [-0.4, -0.2) is 43.5 Å². The lowest BCUT2D eigenvalue weighted by Crippen LogP contribution is -2.22. The Hall–Kier alpha value is -1.90. The molecule has 2 rings (SSSR count). The highest BCUT2D eigenvalue weighted by atomic mass is 32.2. The van der Waals surface area contributed by atoms with E-state index in [2.05, 4.69) is 24.1 Å². The summed E-state index contributed by atoms with van der Waals surface area (Å²) in [5.41, 5.74) is 1.90. The molecule has 0 saturated carbocycles. The maximum atomic E-state index is 12.2. The van der Waals surface area contributed by atoms with E-state index in [9.17, 15) is 13.2 Å². The van der Waals surface area contributed by atoms with Crippen LogP contribution in [0.5, 0.6) is 0 Å². The number of amides is 1. The van der Waals surface area contributed by atoms with Crippen LogP contribution in [0.4, 0.5) is 5.69 Å². The number of carbonyl (C=O) groups is 1. The van der Waals surface area contributed by atoms with Crippen molar-refractivity contribution < 1.29 is 13.2 Å². The lowest BCUT2D eigenvalue weighted by molar-refractivity contribution is -0.113. The van der Waals surface area contributed by atoms with Crippen molar-refractivity contribution in [3.05, 3.63) is 48.2 Å². The number of sulfonamides is 1. The molecule has 0 aliphatic rings. The SMILES string of the molecule is CC(C)c1ccccc1NC(=O)CSc1ccc(S(=O)(=O)N(C)C)cn1. The summed E-state index contributed by atoms with van der Waals surface area (Å²) in [6.07, 6.45) is 1.31. The van der Waals surface area contributed by atoms with Crippen molar-refractivity contribution in [2.75, 3.05) is 25.2 Å². The highest BCUT2D eigenvalue weighted by Gasteiger charge is 2.17. The number of nitrogens with one attached hydrogen (secondary N) is 1. The first-order valence-corrected chi connectivity index (χ1v) is 10.5. The second kappa shape index (κ2) is 8.66. The van der Waals surface area contributed by atoms with Gasteiger partial charge in [0.25, 0.3) is 0 Å². The van der Waals surface area contributed by atoms with E-state index in [-0.39, 0.29) is 16.6 Å². The molecule has 26 heavy (non-hydrogen) atoms. The third-order valence-corrected chi connectivity index (χ3v) is 6.44. The van der Waals surface area contributed by atoms with Gasteiger partial charge in [-0.2, -0.15) is 0 Å². The quantitative estimate of drug-likeness (QED) is 0.731. The summed E-state index contributed by atoms with van der Waals surface area (Å²) >= 11 is 1.26. The Morgan fingerprint density at radius 2 is 1.88 bits per heavy atom. The minimum absolute atomic E-state index is 0.127. The molecule has 1 heterocycles. The van der Waals surface area contributed by atoms with E-state index in [1.165, 1.54) is 38.1 Å². The maximum absolute atomic E-state index is 12.2. The average molecular weight is 394 g/mol. The molecule has 0 bridgehead atoms. The van der Waals surface area contributed by atoms with Crippen LogP contribution in [0.1, 0.15) is 25.3 Å². The highest BCUT2D eigenvalue weighted by Crippen LogP contribution is 2.24. The molecule has 0 aliphatic heterocycles. The molecule has 1 amide bonds. The van der Waals surface area contributed by atoms with Crippen molar-refractivity contribution in [1.82, 2.24) is 9.29 Å². The third-order valence-electron chi connectivity index (χ3n) is 3.70. The summed E-state index contributed by atoms with van der Waals surface area (Å²) in [6.45, 7) is 4.15. The van der Waals surface area contributed by atoms with Crippen molar-refractivity contribution in [3.63, 3.8) is 0 Å². The van der Waals surface area contributed by atoms with Gasteiger partial charge in [0.2, 0.25) is 15.9 Å². The largest absolute Gasteiger partial charge is 0.325 e. The van der Waals surface area contributed by atoms with Crippen molar-refractivity contribution in [2.45, 2.75) is 29.7 Å². The lowest BCUT2D eigenvalue weighted by Gasteiger charge is -2.13. The Kier molecular flexibility index (Phi) is 6.80. The summed E-state index contributed by atoms with van der Waals surface area (Å²) in [4.78, 5) is 16.5. The summed E-state index contributed by atoms with van der Waals surface area (Å²) in [5, 5.41) is 3.52. The van der Waals surface area contributed by atoms with Gasteiger partial charge in [-0.1, -0.05) is 43.8 Å². The summed E-state index contributed by atoms with van der Waals surface area (Å²) in [5.74, 6) is 0.376. The van der Waals surface area contributed by atoms with Crippen LogP contribution in [0, 0.1) is 0 Å². The normalized spacial score (nSPS) is 11.8. The first-order chi connectivity index (χ1) is 12.2. The molecular formula is C18H23N3O3S2. The fraction of sp³-hybridized carbons (Fsp3) is 0.333. The Morgan fingerprint density at radius 1 is 1.19 bits per heavy atom. The van der Waals surface area contributed by atoms with Gasteiger partial charge in [-0.25, -0.2) is 17.7 Å². The van der Waals surface area contributed by atoms with E-state index in [0.717, 1.165) is 15.6 Å². The molecule has 1 aromatic carbocycles. The number of pyridine rings is 1. The predicted molar refractivity (Wildman–Crippen MR) is 105 cm³/mol. The summed E-state index contributed by atoms with van der Waals surface area (Å²) in [6, 6.07) is 10.8. The van der Waals surface area contributed by atoms with Crippen LogP contribution < -0.4 is 5.32 Å². The zero-order valence-electron chi connectivity index (χ0n) is 15.3. The van der Waals surface area contributed by atoms with Crippen LogP contribution >= 0.6 is 11.8 Å². The Balaban J connectivity index is 1.98. The number of thioether (sulfide) groups is 1. The molecule has 2 aromatic rings. The lowest BCUT2D eigenvalue weighted by atomic mass is 10.0. The van der Waals surface area contributed by atoms with E-state index in [4.69, 9.17) is 0 Å². The first-order valence-electron chi connectivity index (χ1n) is 8.12. The number of para-hydroxylation sites is 1. The highest BCUT2D eigenvalue weighted by molar-refractivity contribution is 7.99. The Labute approximate surface area is 159 Å². The molecule has 6 nitrogen and oxygen atoms in total. The van der Waals surface area contributed by atoms with Gasteiger partial charge in [-0.05, 0) is 29.7 Å². The van der Waals surface area contributed by atoms with Gasteiger partial charge >= 0.3 is 0 Å². The fourth-order valence-electron chi connectivity index (χ4n) is 2.26. The number of hydrogen-bond donors (Lipinski definition) is 1. The average Bonchev–Trinajstić information content (AvgIpc) is 2.60. The standard InChI is InChI=1S/C18H23N3O3S2/c1-13(2)15-7-5-6-8-16(15)20-17(22)12-25-18-10-9-14(11-19-18)26(23,24)21(3)4/h5-11,13H,12H2,1-4H3,(H,20,22). The van der Waals surface area contributed by atoms with Crippen molar-refractivity contribution in [1.29, 1.82) is 0 Å². The van der Waals surface area contributed by atoms with Gasteiger partial charge in [-0.15, -0.1) is 0 Å². The number of nitrogens with zero attached hydrogens (tertiary/aromatic N) is 2. The first kappa shape index (κ1) is 20.4. The molecule has 140 valence electrons. The second-order valence-corrected chi connectivity index (χ2v) is 9.35. The van der Waals surface area contributed by atoms with Gasteiger partial charge < -0.3 is 5.32 Å². The Bertz CT molecular complexity index is 864. The molecule has 0 atom stereocenters. The van der Waals surface area contributed by atoms with Gasteiger partial charge in [0.15, 0.2) is 0 Å². The number of anilines is 1. The molecule has 8 heteroatoms. The van der Waals surface area contributed by atoms with Crippen LogP contribution in [0.2, 0.25) is 0 Å². The molecule has 0 aliphatic carbocycles. The number of aromatic nitrogens is 1. The zero-order valence-corrected chi connectivity index (χ0v) is 16.9. The molecule has 0 radical (unpaired) electrons. The maximum Gasteiger partial charge on any atom is 0.244 e. The monoisotopic (exact) mass is 393 g/mol. The van der Waals surface area contributed by atoms with E-state index in [1.807, 2.05) is 24.3 Å². The third kappa shape index (κ3) is 5.06. The van der Waals surface area contributed by atoms with Crippen LogP contribution in [0.15, 0.2) is 52.5 Å². The summed E-state index contributed by atoms with van der Waals surface area (Å²) in [7, 11) is -0.557. The molecular weight excluding hydrogens is 370 g/mol. The van der Waals surface area contributed by atoms with E-state index >= 15 is 0 Å². The molecule has 0 fully saturated rings. The van der Waals surface area contributed by atoms with Crippen LogP contribution in [0.25, 0.3) is 0 Å². The van der Waals surface area contributed by atoms with E-state index in [1.54, 1.807) is 6.07 Å². The van der Waals surface area contributed by atoms with Gasteiger partial charge in [-0.3, -0.25) is 4.79 Å². The molecule has 0 saturated heterocycles. The minimum Gasteiger partial charge on any atom is -0.325 e. The molecule has 1 N–H and O–H groups in total. The second-order valence-electron chi connectivity index (χ2n) is 6.20. The number of hydrogen-bond acceptors (Lipinski definition) is 5. The summed E-state index contributed by atoms with van der Waals surface area (Å²) < 4.78 is 25.2. The van der Waals surface area contributed by atoms with E-state index < -0.39 is 10.0 Å². The topological polar surface area (TPSA) is 79.4 Å². The predicted octanol–water partition coefficient (Wildman–Crippen LogP) is 3.19. The van der Waals surface area contributed by atoms with Gasteiger partial charge in [0, 0.05) is 26.0 Å². The van der Waals surface area contributed by atoms with Crippen molar-refractivity contribution >= 4 is 33.4 Å². The number of carbonyl (C=O) groups excluding carboxylic acids is 1.